The first-order valence-electron chi connectivity index (χ1n) is 4.87. The normalized spacial score (nSPS) is 13.3. The predicted octanol–water partition coefficient (Wildman–Crippen LogP) is 3.40. The molecule has 0 rings (SSSR count). The van der Waals surface area contributed by atoms with Gasteiger partial charge in [0.25, 0.3) is 0 Å². The fraction of sp³-hybridized carbons (Fsp3) is 0.600. The van der Waals surface area contributed by atoms with Gasteiger partial charge in [-0.15, -0.1) is 17.7 Å². The maximum Gasteiger partial charge on any atom is 0.728 e. The van der Waals surface area contributed by atoms with Crippen LogP contribution in [0.5, 0.6) is 0 Å². The first-order valence-corrected chi connectivity index (χ1v) is 5.97. The minimum absolute atomic E-state index is 0.108. The molecule has 2 atom stereocenters. The largest absolute Gasteiger partial charge is 0.728 e. The third kappa shape index (κ3) is 8.45. The molecule has 0 aliphatic carbocycles. The zero-order valence-electron chi connectivity index (χ0n) is 9.05. The van der Waals surface area contributed by atoms with Crippen molar-refractivity contribution in [2.75, 3.05) is 13.2 Å². The molecule has 0 saturated carbocycles. The van der Waals surface area contributed by atoms with Gasteiger partial charge in [-0.2, -0.15) is 4.89 Å². The van der Waals surface area contributed by atoms with Crippen molar-refractivity contribution < 1.29 is 18.7 Å². The van der Waals surface area contributed by atoms with Gasteiger partial charge < -0.3 is 0 Å². The fourth-order valence-corrected chi connectivity index (χ4v) is 1.30. The standard InChI is InChI=1S/C10H18O4P/c1-4-7-10(6-3)9-13-15(11)14-12-8-5-2/h4,6,10H,1,3,5,7-9H2,2H3/q+1. The van der Waals surface area contributed by atoms with Crippen molar-refractivity contribution in [3.8, 4) is 0 Å². The summed E-state index contributed by atoms with van der Waals surface area (Å²) in [6, 6.07) is 0. The minimum atomic E-state index is -2.20. The van der Waals surface area contributed by atoms with Gasteiger partial charge in [0, 0.05) is 10.5 Å². The van der Waals surface area contributed by atoms with Gasteiger partial charge in [-0.05, 0) is 12.8 Å². The Hall–Kier alpha value is -0.540. The second-order valence-electron chi connectivity index (χ2n) is 2.94. The third-order valence-electron chi connectivity index (χ3n) is 1.60. The summed E-state index contributed by atoms with van der Waals surface area (Å²) in [5, 5.41) is 0. The molecule has 15 heavy (non-hydrogen) atoms. The molecule has 0 aromatic carbocycles. The molecule has 0 aliphatic rings. The molecule has 0 spiro atoms. The minimum Gasteiger partial charge on any atom is -0.187 e. The van der Waals surface area contributed by atoms with Gasteiger partial charge in [-0.3, -0.25) is 0 Å². The maximum absolute atomic E-state index is 11.1. The molecular weight excluding hydrogens is 215 g/mol. The average Bonchev–Trinajstić information content (AvgIpc) is 2.24. The van der Waals surface area contributed by atoms with E-state index < -0.39 is 8.25 Å². The van der Waals surface area contributed by atoms with Crippen LogP contribution in [0.1, 0.15) is 19.8 Å². The quantitative estimate of drug-likeness (QED) is 0.191. The lowest BCUT2D eigenvalue weighted by Gasteiger charge is -2.02. The van der Waals surface area contributed by atoms with E-state index in [0.717, 1.165) is 12.8 Å². The lowest BCUT2D eigenvalue weighted by molar-refractivity contribution is -0.209. The van der Waals surface area contributed by atoms with Gasteiger partial charge in [0.1, 0.15) is 6.61 Å². The van der Waals surface area contributed by atoms with E-state index >= 15 is 0 Å². The van der Waals surface area contributed by atoms with E-state index in [1.807, 2.05) is 6.92 Å². The SMILES string of the molecule is C=CCC(C=C)CO[P+](=O)OOCCC. The van der Waals surface area contributed by atoms with E-state index in [2.05, 4.69) is 22.7 Å². The van der Waals surface area contributed by atoms with Crippen LogP contribution in [-0.2, 0) is 18.7 Å². The van der Waals surface area contributed by atoms with E-state index in [1.54, 1.807) is 12.2 Å². The molecule has 0 heterocycles. The van der Waals surface area contributed by atoms with E-state index in [-0.39, 0.29) is 5.92 Å². The highest BCUT2D eigenvalue weighted by Gasteiger charge is 2.23. The van der Waals surface area contributed by atoms with Gasteiger partial charge in [0.15, 0.2) is 0 Å². The van der Waals surface area contributed by atoms with Gasteiger partial charge in [0.05, 0.1) is 11.3 Å². The van der Waals surface area contributed by atoms with Crippen LogP contribution in [-0.4, -0.2) is 13.2 Å². The molecule has 0 aromatic heterocycles. The van der Waals surface area contributed by atoms with Crippen LogP contribution in [0.2, 0.25) is 0 Å². The van der Waals surface area contributed by atoms with Gasteiger partial charge in [-0.1, -0.05) is 19.1 Å². The molecule has 0 fully saturated rings. The van der Waals surface area contributed by atoms with Crippen LogP contribution < -0.4 is 0 Å². The molecule has 0 aliphatic heterocycles. The number of hydrogen-bond acceptors (Lipinski definition) is 4. The Morgan fingerprint density at radius 1 is 1.47 bits per heavy atom. The molecule has 0 amide bonds. The lowest BCUT2D eigenvalue weighted by Crippen LogP contribution is -2.03. The van der Waals surface area contributed by atoms with Crippen molar-refractivity contribution >= 4 is 8.25 Å². The van der Waals surface area contributed by atoms with Crippen LogP contribution in [0, 0.1) is 5.92 Å². The highest BCUT2D eigenvalue weighted by atomic mass is 31.1. The summed E-state index contributed by atoms with van der Waals surface area (Å²) in [7, 11) is -2.20. The summed E-state index contributed by atoms with van der Waals surface area (Å²) in [4.78, 5) is 4.62. The molecule has 86 valence electrons. The van der Waals surface area contributed by atoms with Crippen molar-refractivity contribution in [3.05, 3.63) is 25.3 Å². The van der Waals surface area contributed by atoms with Crippen LogP contribution in [0.4, 0.5) is 0 Å². The Kier molecular flexibility index (Phi) is 9.63. The monoisotopic (exact) mass is 233 g/mol. The lowest BCUT2D eigenvalue weighted by atomic mass is 10.1. The number of rotatable bonds is 10. The zero-order chi connectivity index (χ0) is 11.5. The molecular formula is C10H18O4P+. The molecule has 0 N–H and O–H groups in total. The second-order valence-corrected chi connectivity index (χ2v) is 3.79. The van der Waals surface area contributed by atoms with Gasteiger partial charge >= 0.3 is 8.25 Å². The van der Waals surface area contributed by atoms with Crippen molar-refractivity contribution in [2.24, 2.45) is 5.92 Å². The topological polar surface area (TPSA) is 44.8 Å². The molecule has 4 nitrogen and oxygen atoms in total. The summed E-state index contributed by atoms with van der Waals surface area (Å²) in [6.45, 7) is 9.86. The Morgan fingerprint density at radius 3 is 2.73 bits per heavy atom. The summed E-state index contributed by atoms with van der Waals surface area (Å²) in [6.07, 6.45) is 5.03. The van der Waals surface area contributed by atoms with Crippen LogP contribution in [0.25, 0.3) is 0 Å². The van der Waals surface area contributed by atoms with Crippen LogP contribution in [0.3, 0.4) is 0 Å². The van der Waals surface area contributed by atoms with Crippen LogP contribution in [0.15, 0.2) is 25.3 Å². The van der Waals surface area contributed by atoms with E-state index in [9.17, 15) is 4.57 Å². The molecule has 0 radical (unpaired) electrons. The summed E-state index contributed by atoms with van der Waals surface area (Å²) < 4.78 is 20.5. The Morgan fingerprint density at radius 2 is 2.20 bits per heavy atom. The highest BCUT2D eigenvalue weighted by Crippen LogP contribution is 2.25. The molecule has 0 bridgehead atoms. The van der Waals surface area contributed by atoms with E-state index in [4.69, 9.17) is 4.52 Å². The first kappa shape index (κ1) is 14.5. The summed E-state index contributed by atoms with van der Waals surface area (Å²) in [5.41, 5.74) is 0. The van der Waals surface area contributed by atoms with Crippen molar-refractivity contribution in [3.63, 3.8) is 0 Å². The zero-order valence-corrected chi connectivity index (χ0v) is 9.95. The van der Waals surface area contributed by atoms with Crippen molar-refractivity contribution in [2.45, 2.75) is 19.8 Å². The first-order chi connectivity index (χ1) is 7.24. The fourth-order valence-electron chi connectivity index (χ4n) is 0.788. The van der Waals surface area contributed by atoms with Crippen molar-refractivity contribution in [1.82, 2.24) is 0 Å². The average molecular weight is 233 g/mol. The Labute approximate surface area is 91.8 Å². The molecule has 0 saturated heterocycles. The number of allylic oxidation sites excluding steroid dienone is 1. The smallest absolute Gasteiger partial charge is 0.187 e. The number of hydrogen-bond donors (Lipinski definition) is 0. The molecule has 2 unspecified atom stereocenters. The van der Waals surface area contributed by atoms with E-state index in [1.165, 1.54) is 0 Å². The Balaban J connectivity index is 3.58. The summed E-state index contributed by atoms with van der Waals surface area (Å²) >= 11 is 0. The summed E-state index contributed by atoms with van der Waals surface area (Å²) in [5.74, 6) is 0.108. The van der Waals surface area contributed by atoms with Crippen molar-refractivity contribution in [1.29, 1.82) is 0 Å². The second kappa shape index (κ2) is 9.99. The highest BCUT2D eigenvalue weighted by molar-refractivity contribution is 7.33. The van der Waals surface area contributed by atoms with Gasteiger partial charge in [-0.25, -0.2) is 0 Å². The third-order valence-corrected chi connectivity index (χ3v) is 2.18. The van der Waals surface area contributed by atoms with Gasteiger partial charge in [0.2, 0.25) is 0 Å². The van der Waals surface area contributed by atoms with Crippen LogP contribution >= 0.6 is 8.25 Å². The molecule has 0 aromatic rings. The molecule has 5 heteroatoms. The Bertz CT molecular complexity index is 206. The maximum atomic E-state index is 11.1. The predicted molar refractivity (Wildman–Crippen MR) is 59.4 cm³/mol. The van der Waals surface area contributed by atoms with E-state index in [0.29, 0.717) is 13.2 Å².